The van der Waals surface area contributed by atoms with E-state index in [2.05, 4.69) is 37.8 Å². The summed E-state index contributed by atoms with van der Waals surface area (Å²) in [5.74, 6) is 0.574. The van der Waals surface area contributed by atoms with Gasteiger partial charge in [-0.05, 0) is 54.2 Å². The number of primary amides is 1. The van der Waals surface area contributed by atoms with Crippen molar-refractivity contribution in [1.29, 1.82) is 0 Å². The molecular formula is C24H22ClN7O2. The van der Waals surface area contributed by atoms with Gasteiger partial charge in [-0.25, -0.2) is 15.0 Å². The van der Waals surface area contributed by atoms with Gasteiger partial charge in [-0.1, -0.05) is 17.7 Å². The van der Waals surface area contributed by atoms with Crippen molar-refractivity contribution in [1.82, 2.24) is 19.4 Å². The van der Waals surface area contributed by atoms with Crippen LogP contribution in [0.2, 0.25) is 5.02 Å². The van der Waals surface area contributed by atoms with Crippen molar-refractivity contribution in [2.24, 2.45) is 5.73 Å². The number of anilines is 2. The zero-order chi connectivity index (χ0) is 23.7. The van der Waals surface area contributed by atoms with Gasteiger partial charge in [-0.3, -0.25) is 9.59 Å². The number of nitrogens with two attached hydrogens (primary N) is 1. The van der Waals surface area contributed by atoms with Gasteiger partial charge in [0.2, 0.25) is 11.8 Å². The lowest BCUT2D eigenvalue weighted by Gasteiger charge is -2.09. The zero-order valence-corrected chi connectivity index (χ0v) is 18.9. The van der Waals surface area contributed by atoms with Crippen molar-refractivity contribution >= 4 is 40.7 Å². The van der Waals surface area contributed by atoms with Crippen LogP contribution in [0.5, 0.6) is 0 Å². The lowest BCUT2D eigenvalue weighted by Crippen LogP contribution is -2.20. The minimum absolute atomic E-state index is 0.0737. The van der Waals surface area contributed by atoms with E-state index >= 15 is 0 Å². The van der Waals surface area contributed by atoms with Crippen molar-refractivity contribution in [2.45, 2.75) is 31.7 Å². The first kappa shape index (κ1) is 21.8. The average Bonchev–Trinajstić information content (AvgIpc) is 3.57. The highest BCUT2D eigenvalue weighted by Crippen LogP contribution is 2.39. The molecule has 0 aliphatic heterocycles. The second-order valence-corrected chi connectivity index (χ2v) is 8.70. The maximum absolute atomic E-state index is 12.5. The van der Waals surface area contributed by atoms with E-state index < -0.39 is 5.91 Å². The quantitative estimate of drug-likeness (QED) is 0.357. The molecule has 0 atom stereocenters. The van der Waals surface area contributed by atoms with Crippen LogP contribution in [0.4, 0.5) is 11.6 Å². The van der Waals surface area contributed by atoms with Crippen LogP contribution in [0, 0.1) is 0 Å². The molecule has 0 unspecified atom stereocenters. The first-order chi connectivity index (χ1) is 16.4. The summed E-state index contributed by atoms with van der Waals surface area (Å²) in [7, 11) is 0. The van der Waals surface area contributed by atoms with Gasteiger partial charge in [0.15, 0.2) is 0 Å². The van der Waals surface area contributed by atoms with Crippen molar-refractivity contribution in [2.75, 3.05) is 10.6 Å². The Morgan fingerprint density at radius 3 is 2.71 bits per heavy atom. The number of amides is 2. The van der Waals surface area contributed by atoms with Crippen LogP contribution in [-0.4, -0.2) is 31.2 Å². The number of nitrogens with one attached hydrogen (secondary N) is 2. The Morgan fingerprint density at radius 1 is 1.09 bits per heavy atom. The van der Waals surface area contributed by atoms with Crippen LogP contribution in [0.3, 0.4) is 0 Å². The van der Waals surface area contributed by atoms with Gasteiger partial charge in [0.05, 0.1) is 18.7 Å². The van der Waals surface area contributed by atoms with Gasteiger partial charge >= 0.3 is 0 Å². The number of rotatable bonds is 8. The lowest BCUT2D eigenvalue weighted by molar-refractivity contribution is -0.115. The summed E-state index contributed by atoms with van der Waals surface area (Å²) >= 11 is 6.00. The van der Waals surface area contributed by atoms with Crippen molar-refractivity contribution in [3.8, 4) is 0 Å². The molecular weight excluding hydrogens is 454 g/mol. The Morgan fingerprint density at radius 2 is 1.91 bits per heavy atom. The molecule has 2 amide bonds. The third-order valence-electron chi connectivity index (χ3n) is 5.64. The largest absolute Gasteiger partial charge is 0.366 e. The number of hydrogen-bond donors (Lipinski definition) is 3. The summed E-state index contributed by atoms with van der Waals surface area (Å²) in [5, 5.41) is 6.34. The molecule has 0 bridgehead atoms. The maximum atomic E-state index is 12.5. The molecule has 1 aromatic carbocycles. The molecule has 9 nitrogen and oxygen atoms in total. The number of carbonyl (C=O) groups excluding carboxylic acids is 2. The topological polar surface area (TPSA) is 127 Å². The Bertz CT molecular complexity index is 1400. The summed E-state index contributed by atoms with van der Waals surface area (Å²) in [4.78, 5) is 37.1. The number of fused-ring (bicyclic) bond motifs is 1. The number of benzene rings is 1. The van der Waals surface area contributed by atoms with Crippen molar-refractivity contribution in [3.05, 3.63) is 82.5 Å². The summed E-state index contributed by atoms with van der Waals surface area (Å²) in [6.07, 6.45) is 7.94. The Labute approximate surface area is 200 Å². The highest BCUT2D eigenvalue weighted by Gasteiger charge is 2.23. The molecule has 172 valence electrons. The van der Waals surface area contributed by atoms with Crippen LogP contribution in [0.25, 0.3) is 5.65 Å². The van der Waals surface area contributed by atoms with Gasteiger partial charge in [0.25, 0.3) is 0 Å². The maximum Gasteiger partial charge on any atom is 0.248 e. The van der Waals surface area contributed by atoms with Crippen LogP contribution < -0.4 is 16.4 Å². The van der Waals surface area contributed by atoms with Crippen molar-refractivity contribution in [3.63, 3.8) is 0 Å². The van der Waals surface area contributed by atoms with Gasteiger partial charge in [-0.2, -0.15) is 0 Å². The molecule has 1 fully saturated rings. The highest BCUT2D eigenvalue weighted by molar-refractivity contribution is 6.30. The van der Waals surface area contributed by atoms with E-state index in [0.29, 0.717) is 34.7 Å². The molecule has 34 heavy (non-hydrogen) atoms. The molecule has 3 aromatic heterocycles. The van der Waals surface area contributed by atoms with E-state index in [1.165, 1.54) is 30.8 Å². The molecule has 0 radical (unpaired) electrons. The molecule has 0 spiro atoms. The van der Waals surface area contributed by atoms with Crippen LogP contribution >= 0.6 is 11.6 Å². The van der Waals surface area contributed by atoms with Crippen LogP contribution in [0.1, 0.15) is 45.9 Å². The van der Waals surface area contributed by atoms with Gasteiger partial charge in [0, 0.05) is 29.0 Å². The fourth-order valence-electron chi connectivity index (χ4n) is 3.82. The Balaban J connectivity index is 1.22. The summed E-state index contributed by atoms with van der Waals surface area (Å²) in [5.41, 5.74) is 9.21. The van der Waals surface area contributed by atoms with E-state index in [1.807, 2.05) is 16.7 Å². The fraction of sp³-hybridized carbons (Fsp3) is 0.208. The monoisotopic (exact) mass is 475 g/mol. The van der Waals surface area contributed by atoms with Crippen LogP contribution in [-0.2, 0) is 17.8 Å². The number of halogens is 1. The lowest BCUT2D eigenvalue weighted by atomic mass is 10.0. The minimum atomic E-state index is -0.622. The second-order valence-electron chi connectivity index (χ2n) is 8.27. The first-order valence-electron chi connectivity index (χ1n) is 10.9. The number of nitrogens with zero attached hydrogens (tertiary/aromatic N) is 4. The van der Waals surface area contributed by atoms with Crippen LogP contribution in [0.15, 0.2) is 55.1 Å². The number of imidazole rings is 1. The predicted molar refractivity (Wildman–Crippen MR) is 129 cm³/mol. The predicted octanol–water partition coefficient (Wildman–Crippen LogP) is 3.55. The molecule has 4 N–H and O–H groups in total. The molecule has 0 saturated heterocycles. The van der Waals surface area contributed by atoms with E-state index in [0.717, 1.165) is 11.3 Å². The molecule has 1 saturated carbocycles. The fourth-order valence-corrected chi connectivity index (χ4v) is 4.01. The number of carbonyl (C=O) groups is 2. The SMILES string of the molecule is NC(=O)c1ccc(Cl)cc1CC(=O)Nc1cc(NCc2cn3cc(C4CC4)ccc3n2)ncn1. The molecule has 1 aliphatic rings. The summed E-state index contributed by atoms with van der Waals surface area (Å²) in [6.45, 7) is 0.468. The second kappa shape index (κ2) is 9.11. The average molecular weight is 476 g/mol. The number of pyridine rings is 1. The number of hydrogen-bond acceptors (Lipinski definition) is 6. The Kier molecular flexibility index (Phi) is 5.85. The van der Waals surface area contributed by atoms with Gasteiger partial charge in [0.1, 0.15) is 23.6 Å². The molecule has 10 heteroatoms. The smallest absolute Gasteiger partial charge is 0.248 e. The van der Waals surface area contributed by atoms with E-state index in [4.69, 9.17) is 17.3 Å². The Hall–Kier alpha value is -3.98. The molecule has 3 heterocycles. The van der Waals surface area contributed by atoms with Crippen molar-refractivity contribution < 1.29 is 9.59 Å². The first-order valence-corrected chi connectivity index (χ1v) is 11.2. The molecule has 4 aromatic rings. The van der Waals surface area contributed by atoms with E-state index in [9.17, 15) is 9.59 Å². The third-order valence-corrected chi connectivity index (χ3v) is 5.88. The van der Waals surface area contributed by atoms with Gasteiger partial charge in [-0.15, -0.1) is 0 Å². The minimum Gasteiger partial charge on any atom is -0.366 e. The number of aromatic nitrogens is 4. The standard InChI is InChI=1S/C24H22ClN7O2/c25-17-4-5-19(24(26)34)16(7-17)8-23(33)31-21-9-20(28-13-29-21)27-10-18-12-32-11-15(14-1-2-14)3-6-22(32)30-18/h3-7,9,11-14H,1-2,8,10H2,(H2,26,34)(H2,27,28,29,31,33). The zero-order valence-electron chi connectivity index (χ0n) is 18.2. The van der Waals surface area contributed by atoms with E-state index in [1.54, 1.807) is 18.2 Å². The summed E-state index contributed by atoms with van der Waals surface area (Å²) in [6, 6.07) is 10.4. The highest BCUT2D eigenvalue weighted by atomic mass is 35.5. The van der Waals surface area contributed by atoms with Gasteiger partial charge < -0.3 is 20.8 Å². The molecule has 5 rings (SSSR count). The molecule has 1 aliphatic carbocycles. The third kappa shape index (κ3) is 4.99. The van der Waals surface area contributed by atoms with E-state index in [-0.39, 0.29) is 17.9 Å². The summed E-state index contributed by atoms with van der Waals surface area (Å²) < 4.78 is 2.05. The normalized spacial score (nSPS) is 13.1.